The zero-order valence-electron chi connectivity index (χ0n) is 59.9. The second-order valence-electron chi connectivity index (χ2n) is 25.9. The topological polar surface area (TPSA) is 35.9 Å². The van der Waals surface area contributed by atoms with Crippen LogP contribution in [0.1, 0.15) is 131 Å². The number of ether oxygens (including phenoxy) is 1. The van der Waals surface area contributed by atoms with Crippen molar-refractivity contribution in [3.63, 3.8) is 0 Å². The van der Waals surface area contributed by atoms with Crippen molar-refractivity contribution in [1.29, 1.82) is 0 Å². The van der Waals surface area contributed by atoms with E-state index in [1.807, 2.05) is 100 Å². The molecule has 0 radical (unpaired) electrons. The average Bonchev–Trinajstić information content (AvgIpc) is 1.65. The van der Waals surface area contributed by atoms with E-state index in [-0.39, 0.29) is 71.6 Å². The van der Waals surface area contributed by atoms with Crippen LogP contribution in [0.3, 0.4) is 0 Å². The Morgan fingerprint density at radius 2 is 1.24 bits per heavy atom. The number of benzene rings is 9. The van der Waals surface area contributed by atoms with Gasteiger partial charge in [0.1, 0.15) is 5.82 Å². The third-order valence-electron chi connectivity index (χ3n) is 17.4. The normalized spacial score (nSPS) is 16.4. The van der Waals surface area contributed by atoms with Crippen molar-refractivity contribution in [2.45, 2.75) is 117 Å². The number of aryl methyl sites for hydroxylation is 2. The fourth-order valence-electron chi connectivity index (χ4n) is 12.9. The van der Waals surface area contributed by atoms with Crippen LogP contribution < -0.4 is 9.30 Å². The van der Waals surface area contributed by atoms with E-state index in [2.05, 4.69) is 135 Å². The van der Waals surface area contributed by atoms with E-state index in [4.69, 9.17) is 22.1 Å². The van der Waals surface area contributed by atoms with E-state index in [1.165, 1.54) is 23.8 Å². The molecule has 0 saturated heterocycles. The van der Waals surface area contributed by atoms with Crippen molar-refractivity contribution in [2.24, 2.45) is 0 Å². The summed E-state index contributed by atoms with van der Waals surface area (Å²) in [5.74, 6) is 1.52. The minimum absolute atomic E-state index is 0. The van der Waals surface area contributed by atoms with E-state index in [9.17, 15) is 2.74 Å². The number of hydrogen-bond donors (Lipinski definition) is 0. The molecule has 0 N–H and O–H groups in total. The number of pyridine rings is 1. The van der Waals surface area contributed by atoms with E-state index < -0.39 is 37.2 Å². The van der Waals surface area contributed by atoms with E-state index in [0.29, 0.717) is 56.2 Å². The van der Waals surface area contributed by atoms with Gasteiger partial charge in [-0.05, 0) is 185 Å². The smallest absolute Gasteiger partial charge is 0.268 e. The van der Waals surface area contributed by atoms with Gasteiger partial charge in [-0.2, -0.15) is 18.2 Å². The molecule has 0 fully saturated rings. The van der Waals surface area contributed by atoms with Gasteiger partial charge in [0.15, 0.2) is 0 Å². The van der Waals surface area contributed by atoms with Crippen LogP contribution in [-0.4, -0.2) is 14.1 Å². The number of aromatic nitrogens is 4. The zero-order chi connectivity index (χ0) is 66.8. The molecule has 0 unspecified atom stereocenters. The van der Waals surface area contributed by atoms with Crippen molar-refractivity contribution >= 4 is 32.8 Å². The third-order valence-corrected chi connectivity index (χ3v) is 17.4. The van der Waals surface area contributed by atoms with Gasteiger partial charge in [-0.1, -0.05) is 184 Å². The van der Waals surface area contributed by atoms with Crippen molar-refractivity contribution in [1.82, 2.24) is 14.1 Å². The molecule has 0 amide bonds. The molecule has 1 aliphatic carbocycles. The van der Waals surface area contributed by atoms with E-state index >= 15 is 0 Å². The van der Waals surface area contributed by atoms with Crippen LogP contribution in [0.5, 0.6) is 11.5 Å². The molecule has 420 valence electrons. The van der Waals surface area contributed by atoms with Gasteiger partial charge in [0.25, 0.3) is 6.33 Å². The Morgan fingerprint density at radius 3 is 1.94 bits per heavy atom. The average molecular weight is 1290 g/mol. The molecule has 1 aliphatic heterocycles. The van der Waals surface area contributed by atoms with Gasteiger partial charge in [0.05, 0.1) is 23.6 Å². The molecular formula is C78H70N4OPt-2. The zero-order valence-corrected chi connectivity index (χ0v) is 51.1. The Labute approximate surface area is 525 Å². The molecular weight excluding hydrogens is 1200 g/mol. The second kappa shape index (κ2) is 20.0. The maximum absolute atomic E-state index is 9.47. The van der Waals surface area contributed by atoms with Crippen molar-refractivity contribution in [3.8, 4) is 84.3 Å². The first-order chi connectivity index (χ1) is 44.2. The quantitative estimate of drug-likeness (QED) is 0.123. The summed E-state index contributed by atoms with van der Waals surface area (Å²) in [7, 11) is 0. The van der Waals surface area contributed by atoms with Gasteiger partial charge < -0.3 is 13.9 Å². The largest absolute Gasteiger partial charge is 0.510 e. The summed E-state index contributed by atoms with van der Waals surface area (Å²) in [6.07, 6.45) is 7.54. The summed E-state index contributed by atoms with van der Waals surface area (Å²) < 4.78 is 112. The maximum Gasteiger partial charge on any atom is 0.268 e. The maximum atomic E-state index is 9.47. The number of rotatable bonds is 6. The van der Waals surface area contributed by atoms with Crippen LogP contribution in [0.25, 0.3) is 106 Å². The molecule has 0 atom stereocenters. The standard InChI is InChI=1S/C78H70N4O.Pt/c1-48-22-20-23-49(2)72(48)52-39-64-62-46-66-65(77(9,10)35-36-78(66,11)12)45-61(62)57-28-16-17-29-58(57)63-38-51(50-24-14-13-15-25-50)41-70-74(63)81(73(64)67(40-52)76(6,7)8)47-80(70)54-26-21-27-55(43-54)83-56-32-33-60-59-30-18-19-31-68(59)82(69(60)44-56)71-42-53(34-37-79-71)75(3,4)5;/h13-34,37-42,45-46H,35-36H2,1-12H3;/q-2;/i1D3,2D3,13D,14D,15D,24D,25D;. The van der Waals surface area contributed by atoms with Gasteiger partial charge in [-0.3, -0.25) is 4.57 Å². The van der Waals surface area contributed by atoms with Crippen LogP contribution in [0.15, 0.2) is 182 Å². The van der Waals surface area contributed by atoms with E-state index in [0.717, 1.165) is 79.4 Å². The van der Waals surface area contributed by atoms with Crippen LogP contribution in [0, 0.1) is 32.2 Å². The fourth-order valence-corrected chi connectivity index (χ4v) is 12.9. The summed E-state index contributed by atoms with van der Waals surface area (Å²) in [6.45, 7) is 16.5. The first kappa shape index (κ1) is 43.5. The number of nitrogens with zero attached hydrogens (tertiary/aromatic N) is 4. The minimum Gasteiger partial charge on any atom is -0.510 e. The molecule has 4 heterocycles. The predicted octanol–water partition coefficient (Wildman–Crippen LogP) is 19.8. The minimum atomic E-state index is -2.70. The molecule has 6 heteroatoms. The summed E-state index contributed by atoms with van der Waals surface area (Å²) >= 11 is 0. The first-order valence-corrected chi connectivity index (χ1v) is 28.6. The Balaban J connectivity index is 0.00000818. The van der Waals surface area contributed by atoms with Gasteiger partial charge in [-0.25, -0.2) is 4.98 Å². The van der Waals surface area contributed by atoms with E-state index in [1.54, 1.807) is 0 Å². The van der Waals surface area contributed by atoms with Crippen LogP contribution in [0.2, 0.25) is 0 Å². The molecule has 9 aromatic carbocycles. The summed E-state index contributed by atoms with van der Waals surface area (Å²) in [5.41, 5.74) is 12.3. The van der Waals surface area contributed by atoms with Gasteiger partial charge in [-0.15, -0.1) is 29.7 Å². The molecule has 0 bridgehead atoms. The molecule has 14 rings (SSSR count). The van der Waals surface area contributed by atoms with Crippen LogP contribution >= 0.6 is 0 Å². The molecule has 3 aromatic heterocycles. The Hall–Kier alpha value is -8.11. The summed E-state index contributed by atoms with van der Waals surface area (Å²) in [6, 6.07) is 51.9. The third kappa shape index (κ3) is 9.08. The van der Waals surface area contributed by atoms with Gasteiger partial charge in [0, 0.05) is 52.5 Å². The molecule has 0 saturated carbocycles. The SMILES string of the molecule is [2H]c1c([2H])c([2H])c(-c2cc3c4c(c2)n(-c2[c-]c(Oc5[c-]c6c(cc5)c5ccccc5n6-c5cc(C(C)(C)C)ccn5)ccc2)[c-][n+]4-c2c(cc(-c4c(C([2H])([2H])[2H])cccc4C([2H])([2H])[2H])cc2C(C)(C)C)-c2cc4c(cc2-c2ccccc2-3)C(C)(C)CCC4(C)C)c([2H])c1[2H].[Pt]. The summed E-state index contributed by atoms with van der Waals surface area (Å²) in [4.78, 5) is 4.89. The molecule has 5 nitrogen and oxygen atoms in total. The Morgan fingerprint density at radius 1 is 0.583 bits per heavy atom. The molecule has 0 spiro atoms. The fraction of sp³-hybridized carbons (Fsp3) is 0.231. The number of para-hydroxylation sites is 1. The van der Waals surface area contributed by atoms with Crippen LogP contribution in [-0.2, 0) is 42.7 Å². The predicted molar refractivity (Wildman–Crippen MR) is 343 cm³/mol. The van der Waals surface area contributed by atoms with Gasteiger partial charge >= 0.3 is 0 Å². The Bertz CT molecular complexity index is 5130. The molecule has 2 aliphatic rings. The molecule has 12 aromatic rings. The number of hydrogen-bond acceptors (Lipinski definition) is 2. The monoisotopic (exact) mass is 1280 g/mol. The van der Waals surface area contributed by atoms with Gasteiger partial charge in [0.2, 0.25) is 0 Å². The number of imidazole rings is 1. The Kier molecular flexibility index (Phi) is 10.4. The van der Waals surface area contributed by atoms with Crippen molar-refractivity contribution in [2.75, 3.05) is 0 Å². The summed E-state index contributed by atoms with van der Waals surface area (Å²) in [5, 5.41) is 2.01. The van der Waals surface area contributed by atoms with Crippen molar-refractivity contribution < 1.29 is 45.4 Å². The van der Waals surface area contributed by atoms with Crippen LogP contribution in [0.4, 0.5) is 0 Å². The van der Waals surface area contributed by atoms with Crippen molar-refractivity contribution in [3.05, 3.63) is 234 Å². The molecule has 84 heavy (non-hydrogen) atoms. The first-order valence-electron chi connectivity index (χ1n) is 34.1. The second-order valence-corrected chi connectivity index (χ2v) is 25.9. The number of fused-ring (bicyclic) bond motifs is 11.